The van der Waals surface area contributed by atoms with Crippen LogP contribution in [0.1, 0.15) is 52.0 Å². The quantitative estimate of drug-likeness (QED) is 0.758. The van der Waals surface area contributed by atoms with Crippen LogP contribution in [-0.2, 0) is 19.9 Å². The number of carbonyl (C=O) groups is 2. The summed E-state index contributed by atoms with van der Waals surface area (Å²) >= 11 is 3.51. The Morgan fingerprint density at radius 1 is 1.30 bits per heavy atom. The molecule has 0 saturated carbocycles. The number of amides is 1. The highest BCUT2D eigenvalue weighted by Crippen LogP contribution is 2.40. The molecule has 1 amide bonds. The van der Waals surface area contributed by atoms with Crippen LogP contribution in [0.5, 0.6) is 0 Å². The van der Waals surface area contributed by atoms with Gasteiger partial charge < -0.3 is 19.5 Å². The molecule has 0 aliphatic carbocycles. The maximum absolute atomic E-state index is 12.5. The summed E-state index contributed by atoms with van der Waals surface area (Å²) in [5, 5.41) is 9.13. The van der Waals surface area contributed by atoms with Gasteiger partial charge in [0.2, 0.25) is 0 Å². The molecule has 1 fully saturated rings. The molecule has 1 aromatic heterocycles. The summed E-state index contributed by atoms with van der Waals surface area (Å²) < 4.78 is 12.2. The van der Waals surface area contributed by atoms with Gasteiger partial charge in [-0.15, -0.1) is 0 Å². The van der Waals surface area contributed by atoms with Crippen LogP contribution < -0.4 is 0 Å². The largest absolute Gasteiger partial charge is 0.480 e. The number of hydrogen-bond donors (Lipinski definition) is 1. The zero-order chi connectivity index (χ0) is 20.1. The van der Waals surface area contributed by atoms with E-state index >= 15 is 0 Å². The second-order valence-corrected chi connectivity index (χ2v) is 8.56. The molecule has 0 spiro atoms. The first-order valence-electron chi connectivity index (χ1n) is 9.07. The van der Waals surface area contributed by atoms with Crippen molar-refractivity contribution in [1.82, 2.24) is 9.88 Å². The average molecular weight is 443 g/mol. The minimum absolute atomic E-state index is 0.356. The number of rotatable bonds is 4. The van der Waals surface area contributed by atoms with E-state index in [-0.39, 0.29) is 6.09 Å². The number of hydrogen-bond acceptors (Lipinski definition) is 5. The maximum Gasteiger partial charge on any atom is 0.410 e. The summed E-state index contributed by atoms with van der Waals surface area (Å²) in [6, 6.07) is 1.84. The van der Waals surface area contributed by atoms with E-state index < -0.39 is 23.8 Å². The van der Waals surface area contributed by atoms with Crippen molar-refractivity contribution in [2.45, 2.75) is 57.7 Å². The molecule has 1 aliphatic heterocycles. The van der Waals surface area contributed by atoms with Gasteiger partial charge in [0.05, 0.1) is 5.60 Å². The molecule has 1 N–H and O–H groups in total. The molecule has 7 nitrogen and oxygen atoms in total. The Balaban J connectivity index is 2.27. The molecular weight excluding hydrogens is 416 g/mol. The third kappa shape index (κ3) is 6.17. The third-order valence-corrected chi connectivity index (χ3v) is 5.06. The van der Waals surface area contributed by atoms with E-state index in [1.54, 1.807) is 17.3 Å². The third-order valence-electron chi connectivity index (χ3n) is 4.43. The monoisotopic (exact) mass is 442 g/mol. The predicted octanol–water partition coefficient (Wildman–Crippen LogP) is 3.95. The van der Waals surface area contributed by atoms with Crippen LogP contribution in [0.4, 0.5) is 4.79 Å². The molecule has 0 aromatic carbocycles. The number of pyridine rings is 1. The molecule has 1 saturated heterocycles. The number of halogens is 1. The van der Waals surface area contributed by atoms with Crippen molar-refractivity contribution in [3.8, 4) is 0 Å². The molecule has 0 bridgehead atoms. The zero-order valence-electron chi connectivity index (χ0n) is 16.0. The molecular formula is C19H27BrN2O5. The first kappa shape index (κ1) is 21.6. The minimum Gasteiger partial charge on any atom is -0.480 e. The minimum atomic E-state index is -1.02. The van der Waals surface area contributed by atoms with Gasteiger partial charge in [-0.1, -0.05) is 0 Å². The van der Waals surface area contributed by atoms with Gasteiger partial charge in [0.15, 0.2) is 0 Å². The normalized spacial score (nSPS) is 21.3. The van der Waals surface area contributed by atoms with Crippen LogP contribution in [0.3, 0.4) is 0 Å². The Labute approximate surface area is 168 Å². The lowest BCUT2D eigenvalue weighted by Crippen LogP contribution is -2.43. The second-order valence-electron chi connectivity index (χ2n) is 7.71. The van der Waals surface area contributed by atoms with E-state index in [9.17, 15) is 9.59 Å². The van der Waals surface area contributed by atoms with Crippen LogP contribution in [0.15, 0.2) is 22.9 Å². The van der Waals surface area contributed by atoms with E-state index in [0.29, 0.717) is 25.9 Å². The van der Waals surface area contributed by atoms with Gasteiger partial charge in [-0.05, 0) is 68.5 Å². The number of aromatic nitrogens is 1. The number of carbonyl (C=O) groups excluding carboxylic acids is 1. The van der Waals surface area contributed by atoms with E-state index in [2.05, 4.69) is 20.9 Å². The van der Waals surface area contributed by atoms with Crippen LogP contribution in [0.2, 0.25) is 0 Å². The zero-order valence-corrected chi connectivity index (χ0v) is 17.6. The highest BCUT2D eigenvalue weighted by atomic mass is 79.9. The summed E-state index contributed by atoms with van der Waals surface area (Å²) in [6.45, 7) is 6.14. The van der Waals surface area contributed by atoms with Crippen molar-refractivity contribution in [3.05, 3.63) is 28.5 Å². The van der Waals surface area contributed by atoms with Gasteiger partial charge in [-0.25, -0.2) is 9.59 Å². The fourth-order valence-electron chi connectivity index (χ4n) is 3.21. The van der Waals surface area contributed by atoms with Gasteiger partial charge in [-0.2, -0.15) is 0 Å². The van der Waals surface area contributed by atoms with E-state index in [0.717, 1.165) is 22.9 Å². The summed E-state index contributed by atoms with van der Waals surface area (Å²) in [4.78, 5) is 29.4. The molecule has 0 radical (unpaired) electrons. The van der Waals surface area contributed by atoms with Crippen molar-refractivity contribution < 1.29 is 24.2 Å². The summed E-state index contributed by atoms with van der Waals surface area (Å²) in [6.07, 6.45) is 5.72. The summed E-state index contributed by atoms with van der Waals surface area (Å²) in [7, 11) is 0. The van der Waals surface area contributed by atoms with Gasteiger partial charge >= 0.3 is 12.1 Å². The number of carboxylic acid groups (broad SMARTS) is 1. The molecule has 1 aliphatic rings. The number of carboxylic acids is 1. The molecule has 8 heteroatoms. The van der Waals surface area contributed by atoms with Crippen molar-refractivity contribution in [2.75, 3.05) is 19.7 Å². The lowest BCUT2D eigenvalue weighted by atomic mass is 9.84. The number of nitrogens with zero attached hydrogens (tertiary/aromatic N) is 2. The van der Waals surface area contributed by atoms with Crippen LogP contribution >= 0.6 is 15.9 Å². The molecule has 2 heterocycles. The van der Waals surface area contributed by atoms with E-state index in [1.807, 2.05) is 26.8 Å². The fourth-order valence-corrected chi connectivity index (χ4v) is 3.82. The highest BCUT2D eigenvalue weighted by molar-refractivity contribution is 9.10. The highest BCUT2D eigenvalue weighted by Gasteiger charge is 2.38. The number of aliphatic carboxylic acids is 1. The Morgan fingerprint density at radius 2 is 2.04 bits per heavy atom. The van der Waals surface area contributed by atoms with Crippen LogP contribution in [0.25, 0.3) is 0 Å². The lowest BCUT2D eigenvalue weighted by Gasteiger charge is -2.39. The smallest absolute Gasteiger partial charge is 0.410 e. The molecule has 150 valence electrons. The molecule has 1 atom stereocenters. The Bertz CT molecular complexity index is 676. The van der Waals surface area contributed by atoms with Crippen molar-refractivity contribution in [3.63, 3.8) is 0 Å². The maximum atomic E-state index is 12.5. The van der Waals surface area contributed by atoms with Gasteiger partial charge in [0.1, 0.15) is 12.2 Å². The predicted molar refractivity (Wildman–Crippen MR) is 103 cm³/mol. The SMILES string of the molecule is CC(C)(C)OC(=O)N1CCCCC(OCC(=O)O)(c2ccncc2Br)CC1. The van der Waals surface area contributed by atoms with Crippen LogP contribution in [-0.4, -0.2) is 52.4 Å². The number of likely N-dealkylation sites (tertiary alicyclic amines) is 1. The molecule has 27 heavy (non-hydrogen) atoms. The van der Waals surface area contributed by atoms with Crippen molar-refractivity contribution in [1.29, 1.82) is 0 Å². The topological polar surface area (TPSA) is 89.0 Å². The Morgan fingerprint density at radius 3 is 2.67 bits per heavy atom. The van der Waals surface area contributed by atoms with Crippen molar-refractivity contribution in [2.24, 2.45) is 0 Å². The Hall–Kier alpha value is -1.67. The Kier molecular flexibility index (Phi) is 7.22. The summed E-state index contributed by atoms with van der Waals surface area (Å²) in [5.74, 6) is -1.02. The van der Waals surface area contributed by atoms with E-state index in [4.69, 9.17) is 14.6 Å². The molecule has 1 aromatic rings. The van der Waals surface area contributed by atoms with Crippen LogP contribution in [0, 0.1) is 0 Å². The number of ether oxygens (including phenoxy) is 2. The molecule has 2 rings (SSSR count). The van der Waals surface area contributed by atoms with Gasteiger partial charge in [-0.3, -0.25) is 4.98 Å². The van der Waals surface area contributed by atoms with Gasteiger partial charge in [0.25, 0.3) is 0 Å². The standard InChI is InChI=1S/C19H27BrN2O5/c1-18(2,3)27-17(25)22-10-5-4-7-19(8-11-22,26-13-16(23)24)14-6-9-21-12-15(14)20/h6,9,12H,4-5,7-8,10-11,13H2,1-3H3,(H,23,24). The van der Waals surface area contributed by atoms with E-state index in [1.165, 1.54) is 0 Å². The van der Waals surface area contributed by atoms with Crippen molar-refractivity contribution >= 4 is 28.0 Å². The average Bonchev–Trinajstić information content (AvgIpc) is 2.54. The summed E-state index contributed by atoms with van der Waals surface area (Å²) in [5.41, 5.74) is -0.518. The first-order chi connectivity index (χ1) is 12.6. The molecule has 1 unspecified atom stereocenters. The second kappa shape index (κ2) is 9.01. The van der Waals surface area contributed by atoms with Gasteiger partial charge in [0, 0.05) is 35.5 Å². The fraction of sp³-hybridized carbons (Fsp3) is 0.632. The first-order valence-corrected chi connectivity index (χ1v) is 9.86. The lowest BCUT2D eigenvalue weighted by molar-refractivity contribution is -0.153.